The number of benzene rings is 1. The van der Waals surface area contributed by atoms with E-state index < -0.39 is 0 Å². The first-order valence-corrected chi connectivity index (χ1v) is 9.78. The zero-order chi connectivity index (χ0) is 17.9. The topological polar surface area (TPSA) is 70.7 Å². The number of amides is 1. The highest BCUT2D eigenvalue weighted by Crippen LogP contribution is 2.24. The van der Waals surface area contributed by atoms with Gasteiger partial charge in [0.1, 0.15) is 0 Å². The molecule has 130 valence electrons. The van der Waals surface area contributed by atoms with Crippen molar-refractivity contribution < 1.29 is 4.79 Å². The van der Waals surface area contributed by atoms with Crippen LogP contribution >= 0.6 is 23.1 Å². The van der Waals surface area contributed by atoms with Gasteiger partial charge in [-0.1, -0.05) is 50.7 Å². The van der Waals surface area contributed by atoms with Crippen molar-refractivity contribution in [2.45, 2.75) is 31.3 Å². The van der Waals surface area contributed by atoms with Crippen molar-refractivity contribution in [1.82, 2.24) is 15.2 Å². The van der Waals surface area contributed by atoms with Crippen molar-refractivity contribution in [3.63, 3.8) is 0 Å². The summed E-state index contributed by atoms with van der Waals surface area (Å²) in [4.78, 5) is 17.5. The summed E-state index contributed by atoms with van der Waals surface area (Å²) in [6.07, 6.45) is 0. The molecule has 2 aromatic heterocycles. The number of nitrogens with one attached hydrogen (secondary N) is 2. The fourth-order valence-corrected chi connectivity index (χ4v) is 3.48. The molecule has 0 unspecified atom stereocenters. The maximum Gasteiger partial charge on any atom is 0.234 e. The Balaban J connectivity index is 1.53. The van der Waals surface area contributed by atoms with E-state index >= 15 is 0 Å². The number of H-pyrrole nitrogens is 1. The summed E-state index contributed by atoms with van der Waals surface area (Å²) < 4.78 is 0. The summed E-state index contributed by atoms with van der Waals surface area (Å²) in [6, 6.07) is 11.9. The molecule has 7 heteroatoms. The lowest BCUT2D eigenvalue weighted by molar-refractivity contribution is -0.113. The van der Waals surface area contributed by atoms with Crippen LogP contribution in [0.1, 0.15) is 26.3 Å². The number of carbonyl (C=O) groups excluding carboxylic acids is 1. The number of aromatic nitrogens is 3. The van der Waals surface area contributed by atoms with Gasteiger partial charge in [-0.3, -0.25) is 9.89 Å². The molecule has 3 aromatic rings. The number of thiophene rings is 1. The minimum absolute atomic E-state index is 0.0732. The predicted molar refractivity (Wildman–Crippen MR) is 104 cm³/mol. The number of aromatic amines is 1. The number of rotatable bonds is 5. The maximum atomic E-state index is 12.1. The number of hydrogen-bond donors (Lipinski definition) is 2. The zero-order valence-electron chi connectivity index (χ0n) is 14.4. The number of anilines is 1. The van der Waals surface area contributed by atoms with Gasteiger partial charge >= 0.3 is 0 Å². The van der Waals surface area contributed by atoms with Gasteiger partial charge in [0.2, 0.25) is 11.1 Å². The molecule has 0 aliphatic rings. The van der Waals surface area contributed by atoms with E-state index in [1.807, 2.05) is 41.8 Å². The van der Waals surface area contributed by atoms with Crippen LogP contribution in [0, 0.1) is 0 Å². The second-order valence-corrected chi connectivity index (χ2v) is 8.50. The monoisotopic (exact) mass is 372 g/mol. The molecule has 0 atom stereocenters. The zero-order valence-corrected chi connectivity index (χ0v) is 16.0. The van der Waals surface area contributed by atoms with Crippen LogP contribution in [0.4, 0.5) is 5.69 Å². The van der Waals surface area contributed by atoms with Crippen LogP contribution in [0.2, 0.25) is 0 Å². The maximum absolute atomic E-state index is 12.1. The molecular weight excluding hydrogens is 352 g/mol. The first kappa shape index (κ1) is 17.7. The lowest BCUT2D eigenvalue weighted by Gasteiger charge is -2.19. The second kappa shape index (κ2) is 7.41. The fourth-order valence-electron chi connectivity index (χ4n) is 2.22. The smallest absolute Gasteiger partial charge is 0.234 e. The highest BCUT2D eigenvalue weighted by Gasteiger charge is 2.13. The molecule has 5 nitrogen and oxygen atoms in total. The highest BCUT2D eigenvalue weighted by molar-refractivity contribution is 7.99. The lowest BCUT2D eigenvalue weighted by Crippen LogP contribution is -2.15. The SMILES string of the molecule is CC(C)(C)c1ccc(NC(=O)CSc2n[nH]c(-c3cccs3)n2)cc1. The van der Waals surface area contributed by atoms with Gasteiger partial charge in [-0.25, -0.2) is 4.98 Å². The summed E-state index contributed by atoms with van der Waals surface area (Å²) in [5.74, 6) is 0.926. The summed E-state index contributed by atoms with van der Waals surface area (Å²) in [5, 5.41) is 12.5. The molecule has 0 saturated heterocycles. The summed E-state index contributed by atoms with van der Waals surface area (Å²) in [5.41, 5.74) is 2.14. The third-order valence-electron chi connectivity index (χ3n) is 3.59. The van der Waals surface area contributed by atoms with E-state index in [4.69, 9.17) is 0 Å². The Morgan fingerprint density at radius 2 is 2.00 bits per heavy atom. The molecule has 2 heterocycles. The molecule has 0 aliphatic carbocycles. The van der Waals surface area contributed by atoms with Gasteiger partial charge < -0.3 is 5.32 Å². The molecule has 0 radical (unpaired) electrons. The summed E-state index contributed by atoms with van der Waals surface area (Å²) in [7, 11) is 0. The van der Waals surface area contributed by atoms with Crippen LogP contribution in [0.25, 0.3) is 10.7 Å². The van der Waals surface area contributed by atoms with Crippen LogP contribution < -0.4 is 5.32 Å². The molecule has 0 saturated carbocycles. The van der Waals surface area contributed by atoms with Crippen LogP contribution in [0.5, 0.6) is 0 Å². The van der Waals surface area contributed by atoms with Crippen molar-refractivity contribution in [1.29, 1.82) is 0 Å². The van der Waals surface area contributed by atoms with Crippen molar-refractivity contribution in [2.24, 2.45) is 0 Å². The Kier molecular flexibility index (Phi) is 5.24. The van der Waals surface area contributed by atoms with E-state index in [1.165, 1.54) is 17.3 Å². The molecule has 0 fully saturated rings. The summed E-state index contributed by atoms with van der Waals surface area (Å²) in [6.45, 7) is 6.50. The van der Waals surface area contributed by atoms with E-state index in [1.54, 1.807) is 11.3 Å². The van der Waals surface area contributed by atoms with E-state index in [-0.39, 0.29) is 17.1 Å². The Labute approximate surface area is 155 Å². The summed E-state index contributed by atoms with van der Waals surface area (Å²) >= 11 is 2.91. The van der Waals surface area contributed by atoms with E-state index in [0.717, 1.165) is 16.4 Å². The number of carbonyl (C=O) groups is 1. The van der Waals surface area contributed by atoms with Crippen molar-refractivity contribution in [3.05, 3.63) is 47.3 Å². The van der Waals surface area contributed by atoms with Gasteiger partial charge in [-0.2, -0.15) is 0 Å². The normalized spacial score (nSPS) is 11.5. The fraction of sp³-hybridized carbons (Fsp3) is 0.278. The molecule has 0 aliphatic heterocycles. The van der Waals surface area contributed by atoms with E-state index in [0.29, 0.717) is 5.16 Å². The van der Waals surface area contributed by atoms with Crippen molar-refractivity contribution >= 4 is 34.7 Å². The van der Waals surface area contributed by atoms with Crippen LogP contribution in [-0.2, 0) is 10.2 Å². The van der Waals surface area contributed by atoms with Crippen molar-refractivity contribution in [2.75, 3.05) is 11.1 Å². The molecular formula is C18H20N4OS2. The van der Waals surface area contributed by atoms with Gasteiger partial charge in [0.25, 0.3) is 0 Å². The first-order valence-electron chi connectivity index (χ1n) is 7.91. The molecule has 25 heavy (non-hydrogen) atoms. The van der Waals surface area contributed by atoms with Gasteiger partial charge in [0.05, 0.1) is 10.6 Å². The average molecular weight is 373 g/mol. The Bertz CT molecular complexity index is 833. The Morgan fingerprint density at radius 1 is 1.24 bits per heavy atom. The Hall–Kier alpha value is -2.12. The third kappa shape index (κ3) is 4.70. The third-order valence-corrected chi connectivity index (χ3v) is 5.31. The minimum Gasteiger partial charge on any atom is -0.325 e. The van der Waals surface area contributed by atoms with Gasteiger partial charge in [0.15, 0.2) is 5.82 Å². The standard InChI is InChI=1S/C18H20N4OS2/c1-18(2,3)12-6-8-13(9-7-12)19-15(23)11-25-17-20-16(21-22-17)14-5-4-10-24-14/h4-10H,11H2,1-3H3,(H,19,23)(H,20,21,22). The quantitative estimate of drug-likeness (QED) is 0.644. The lowest BCUT2D eigenvalue weighted by atomic mass is 9.87. The number of nitrogens with zero attached hydrogens (tertiary/aromatic N) is 2. The number of hydrogen-bond acceptors (Lipinski definition) is 5. The van der Waals surface area contributed by atoms with Gasteiger partial charge in [-0.05, 0) is 34.6 Å². The second-order valence-electron chi connectivity index (χ2n) is 6.61. The molecule has 0 spiro atoms. The molecule has 2 N–H and O–H groups in total. The largest absolute Gasteiger partial charge is 0.325 e. The van der Waals surface area contributed by atoms with E-state index in [9.17, 15) is 4.79 Å². The predicted octanol–water partition coefficient (Wildman–Crippen LogP) is 4.56. The van der Waals surface area contributed by atoms with Crippen LogP contribution in [0.15, 0.2) is 46.9 Å². The van der Waals surface area contributed by atoms with Crippen LogP contribution in [-0.4, -0.2) is 26.8 Å². The van der Waals surface area contributed by atoms with E-state index in [2.05, 4.69) is 41.3 Å². The van der Waals surface area contributed by atoms with Crippen LogP contribution in [0.3, 0.4) is 0 Å². The minimum atomic E-state index is -0.0732. The number of thioether (sulfide) groups is 1. The van der Waals surface area contributed by atoms with Gasteiger partial charge in [0, 0.05) is 5.69 Å². The van der Waals surface area contributed by atoms with Gasteiger partial charge in [-0.15, -0.1) is 16.4 Å². The molecule has 3 rings (SSSR count). The van der Waals surface area contributed by atoms with Crippen molar-refractivity contribution in [3.8, 4) is 10.7 Å². The molecule has 1 amide bonds. The molecule has 0 bridgehead atoms. The molecule has 1 aromatic carbocycles. The highest BCUT2D eigenvalue weighted by atomic mass is 32.2. The first-order chi connectivity index (χ1) is 11.9. The average Bonchev–Trinajstić information content (AvgIpc) is 3.24. The Morgan fingerprint density at radius 3 is 2.64 bits per heavy atom.